The summed E-state index contributed by atoms with van der Waals surface area (Å²) in [6.07, 6.45) is 2.89. The first-order chi connectivity index (χ1) is 6.50. The predicted molar refractivity (Wildman–Crippen MR) is 54.8 cm³/mol. The summed E-state index contributed by atoms with van der Waals surface area (Å²) in [5.41, 5.74) is 1.66. The maximum atomic E-state index is 9.69. The first-order valence-electron chi connectivity index (χ1n) is 4.75. The van der Waals surface area contributed by atoms with E-state index in [1.165, 1.54) is 0 Å². The van der Waals surface area contributed by atoms with Gasteiger partial charge in [0.05, 0.1) is 6.20 Å². The minimum atomic E-state index is -0.646. The number of hydrogen-bond acceptors (Lipinski definition) is 3. The highest BCUT2D eigenvalue weighted by Crippen LogP contribution is 2.13. The Hall–Kier alpha value is -1.16. The van der Waals surface area contributed by atoms with Crippen LogP contribution in [0.25, 0.3) is 0 Å². The molecule has 78 valence electrons. The van der Waals surface area contributed by atoms with Crippen LogP contribution in [0.3, 0.4) is 0 Å². The summed E-state index contributed by atoms with van der Waals surface area (Å²) in [5, 5.41) is 17.5. The lowest BCUT2D eigenvalue weighted by Gasteiger charge is -2.02. The van der Waals surface area contributed by atoms with E-state index >= 15 is 0 Å². The second kappa shape index (κ2) is 4.37. The molecule has 4 heteroatoms. The lowest BCUT2D eigenvalue weighted by molar-refractivity contribution is 0.222. The van der Waals surface area contributed by atoms with Gasteiger partial charge in [0, 0.05) is 6.04 Å². The summed E-state index contributed by atoms with van der Waals surface area (Å²) in [6.45, 7) is 7.92. The molecular formula is C10H17N3O. The quantitative estimate of drug-likeness (QED) is 0.749. The van der Waals surface area contributed by atoms with Gasteiger partial charge in [-0.25, -0.2) is 4.68 Å². The van der Waals surface area contributed by atoms with Gasteiger partial charge in [-0.3, -0.25) is 0 Å². The van der Waals surface area contributed by atoms with Crippen molar-refractivity contribution in [3.05, 3.63) is 23.5 Å². The van der Waals surface area contributed by atoms with E-state index < -0.39 is 6.10 Å². The summed E-state index contributed by atoms with van der Waals surface area (Å²) < 4.78 is 1.73. The number of rotatable bonds is 3. The average Bonchev–Trinajstić information content (AvgIpc) is 2.50. The van der Waals surface area contributed by atoms with Crippen molar-refractivity contribution in [2.24, 2.45) is 0 Å². The monoisotopic (exact) mass is 195 g/mol. The number of nitrogens with zero attached hydrogens (tertiary/aromatic N) is 3. The zero-order chi connectivity index (χ0) is 10.7. The molecule has 0 saturated heterocycles. The first-order valence-corrected chi connectivity index (χ1v) is 4.75. The third kappa shape index (κ3) is 2.67. The number of aromatic nitrogens is 3. The second-order valence-corrected chi connectivity index (χ2v) is 3.91. The van der Waals surface area contributed by atoms with Crippen molar-refractivity contribution in [1.29, 1.82) is 0 Å². The molecule has 0 fully saturated rings. The van der Waals surface area contributed by atoms with Crippen molar-refractivity contribution in [3.63, 3.8) is 0 Å². The van der Waals surface area contributed by atoms with E-state index in [9.17, 15) is 5.11 Å². The Morgan fingerprint density at radius 3 is 2.57 bits per heavy atom. The van der Waals surface area contributed by atoms with Gasteiger partial charge in [-0.1, -0.05) is 16.9 Å². The second-order valence-electron chi connectivity index (χ2n) is 3.91. The minimum absolute atomic E-state index is 0.273. The van der Waals surface area contributed by atoms with Crippen molar-refractivity contribution in [2.45, 2.75) is 39.8 Å². The van der Waals surface area contributed by atoms with Gasteiger partial charge in [-0.2, -0.15) is 0 Å². The molecule has 1 unspecified atom stereocenters. The van der Waals surface area contributed by atoms with E-state index in [1.807, 2.05) is 27.7 Å². The number of hydrogen-bond donors (Lipinski definition) is 1. The Morgan fingerprint density at radius 1 is 1.50 bits per heavy atom. The highest BCUT2D eigenvalue weighted by atomic mass is 16.3. The zero-order valence-electron chi connectivity index (χ0n) is 9.10. The van der Waals surface area contributed by atoms with Gasteiger partial charge in [-0.05, 0) is 27.7 Å². The standard InChI is InChI=1S/C10H17N3O/c1-7(2)5-10(14)9-6-13(8(3)4)12-11-9/h5-6,8,10,14H,1-4H3. The summed E-state index contributed by atoms with van der Waals surface area (Å²) in [7, 11) is 0. The lowest BCUT2D eigenvalue weighted by atomic mass is 10.2. The first kappa shape index (κ1) is 10.9. The fourth-order valence-corrected chi connectivity index (χ4v) is 1.08. The zero-order valence-corrected chi connectivity index (χ0v) is 9.10. The molecule has 0 spiro atoms. The molecule has 0 aromatic carbocycles. The molecule has 0 aliphatic heterocycles. The molecule has 4 nitrogen and oxygen atoms in total. The van der Waals surface area contributed by atoms with Crippen LogP contribution in [0.15, 0.2) is 17.8 Å². The predicted octanol–water partition coefficient (Wildman–Crippen LogP) is 1.86. The minimum Gasteiger partial charge on any atom is -0.383 e. The molecule has 0 aliphatic carbocycles. The van der Waals surface area contributed by atoms with Crippen molar-refractivity contribution >= 4 is 0 Å². The third-order valence-electron chi connectivity index (χ3n) is 1.85. The lowest BCUT2D eigenvalue weighted by Crippen LogP contribution is -2.00. The van der Waals surface area contributed by atoms with Gasteiger partial charge < -0.3 is 5.11 Å². The van der Waals surface area contributed by atoms with Gasteiger partial charge in [0.2, 0.25) is 0 Å². The fraction of sp³-hybridized carbons (Fsp3) is 0.600. The van der Waals surface area contributed by atoms with Gasteiger partial charge in [-0.15, -0.1) is 5.10 Å². The van der Waals surface area contributed by atoms with Crippen molar-refractivity contribution in [2.75, 3.05) is 0 Å². The Labute approximate surface area is 84.3 Å². The molecule has 1 aromatic heterocycles. The van der Waals surface area contributed by atoms with Crippen LogP contribution in [-0.4, -0.2) is 20.1 Å². The molecule has 14 heavy (non-hydrogen) atoms. The summed E-state index contributed by atoms with van der Waals surface area (Å²) in [5.74, 6) is 0. The topological polar surface area (TPSA) is 50.9 Å². The molecule has 0 radical (unpaired) electrons. The van der Waals surface area contributed by atoms with Crippen molar-refractivity contribution in [1.82, 2.24) is 15.0 Å². The molecule has 1 rings (SSSR count). The largest absolute Gasteiger partial charge is 0.383 e. The van der Waals surface area contributed by atoms with E-state index in [0.717, 1.165) is 5.57 Å². The number of aliphatic hydroxyl groups excluding tert-OH is 1. The Kier molecular flexibility index (Phi) is 3.41. The van der Waals surface area contributed by atoms with Crippen LogP contribution in [0.4, 0.5) is 0 Å². The van der Waals surface area contributed by atoms with Crippen LogP contribution in [0, 0.1) is 0 Å². The smallest absolute Gasteiger partial charge is 0.118 e. The van der Waals surface area contributed by atoms with E-state index in [4.69, 9.17) is 0 Å². The number of allylic oxidation sites excluding steroid dienone is 1. The Bertz CT molecular complexity index is 324. The van der Waals surface area contributed by atoms with Crippen LogP contribution >= 0.6 is 0 Å². The Morgan fingerprint density at radius 2 is 2.14 bits per heavy atom. The maximum Gasteiger partial charge on any atom is 0.118 e. The highest BCUT2D eigenvalue weighted by molar-refractivity contribution is 5.09. The van der Waals surface area contributed by atoms with Crippen LogP contribution in [0.2, 0.25) is 0 Å². The maximum absolute atomic E-state index is 9.69. The third-order valence-corrected chi connectivity index (χ3v) is 1.85. The summed E-state index contributed by atoms with van der Waals surface area (Å²) in [6, 6.07) is 0.273. The van der Waals surface area contributed by atoms with Gasteiger partial charge in [0.25, 0.3) is 0 Å². The van der Waals surface area contributed by atoms with Crippen LogP contribution < -0.4 is 0 Å². The van der Waals surface area contributed by atoms with Gasteiger partial charge in [0.15, 0.2) is 0 Å². The van der Waals surface area contributed by atoms with Crippen LogP contribution in [0.5, 0.6) is 0 Å². The van der Waals surface area contributed by atoms with E-state index in [0.29, 0.717) is 5.69 Å². The summed E-state index contributed by atoms with van der Waals surface area (Å²) in [4.78, 5) is 0. The molecule has 1 aromatic rings. The summed E-state index contributed by atoms with van der Waals surface area (Å²) >= 11 is 0. The molecule has 1 N–H and O–H groups in total. The SMILES string of the molecule is CC(C)=CC(O)c1cn(C(C)C)nn1. The highest BCUT2D eigenvalue weighted by Gasteiger charge is 2.10. The van der Waals surface area contributed by atoms with E-state index in [-0.39, 0.29) is 6.04 Å². The molecule has 1 heterocycles. The average molecular weight is 195 g/mol. The van der Waals surface area contributed by atoms with Crippen LogP contribution in [-0.2, 0) is 0 Å². The molecule has 0 amide bonds. The fourth-order valence-electron chi connectivity index (χ4n) is 1.08. The molecule has 1 atom stereocenters. The van der Waals surface area contributed by atoms with Gasteiger partial charge >= 0.3 is 0 Å². The molecule has 0 aliphatic rings. The van der Waals surface area contributed by atoms with Crippen LogP contribution in [0.1, 0.15) is 45.5 Å². The van der Waals surface area contributed by atoms with E-state index in [1.54, 1.807) is 17.0 Å². The normalized spacial score (nSPS) is 13.0. The Balaban J connectivity index is 2.81. The number of aliphatic hydroxyl groups is 1. The van der Waals surface area contributed by atoms with E-state index in [2.05, 4.69) is 10.3 Å². The molecule has 0 saturated carbocycles. The molecular weight excluding hydrogens is 178 g/mol. The molecule has 0 bridgehead atoms. The van der Waals surface area contributed by atoms with Crippen molar-refractivity contribution < 1.29 is 5.11 Å². The van der Waals surface area contributed by atoms with Crippen molar-refractivity contribution in [3.8, 4) is 0 Å². The van der Waals surface area contributed by atoms with Gasteiger partial charge in [0.1, 0.15) is 11.8 Å².